The minimum Gasteiger partial charge on any atom is -0.383 e. The van der Waals surface area contributed by atoms with Gasteiger partial charge in [0.1, 0.15) is 5.69 Å². The molecule has 1 aromatic carbocycles. The van der Waals surface area contributed by atoms with E-state index in [1.807, 2.05) is 39.8 Å². The van der Waals surface area contributed by atoms with Crippen LogP contribution in [0.25, 0.3) is 11.5 Å². The van der Waals surface area contributed by atoms with Crippen molar-refractivity contribution in [3.05, 3.63) is 54.0 Å². The quantitative estimate of drug-likeness (QED) is 0.655. The minimum absolute atomic E-state index is 0.303. The lowest BCUT2D eigenvalue weighted by Gasteiger charge is -2.03. The summed E-state index contributed by atoms with van der Waals surface area (Å²) in [6.07, 6.45) is 3.14. The van der Waals surface area contributed by atoms with Gasteiger partial charge in [-0.1, -0.05) is 44.2 Å². The van der Waals surface area contributed by atoms with Crippen LogP contribution in [-0.2, 0) is 17.8 Å². The van der Waals surface area contributed by atoms with Crippen LogP contribution in [0.4, 0.5) is 0 Å². The highest BCUT2D eigenvalue weighted by molar-refractivity contribution is 5.49. The molecule has 136 valence electrons. The molecular weight excluding hydrogens is 326 g/mol. The first-order valence-electron chi connectivity index (χ1n) is 9.08. The zero-order chi connectivity index (χ0) is 18.1. The molecule has 0 aliphatic heterocycles. The van der Waals surface area contributed by atoms with Gasteiger partial charge in [-0.2, -0.15) is 10.2 Å². The second-order valence-corrected chi connectivity index (χ2v) is 7.64. The predicted octanol–water partition coefficient (Wildman–Crippen LogP) is 3.35. The zero-order valence-corrected chi connectivity index (χ0v) is 15.6. The van der Waals surface area contributed by atoms with Crippen molar-refractivity contribution in [2.24, 2.45) is 5.41 Å². The summed E-state index contributed by atoms with van der Waals surface area (Å²) in [4.78, 5) is 4.83. The summed E-state index contributed by atoms with van der Waals surface area (Å²) >= 11 is 0. The third-order valence-corrected chi connectivity index (χ3v) is 5.08. The van der Waals surface area contributed by atoms with Crippen LogP contribution in [0.3, 0.4) is 0 Å². The second kappa shape index (κ2) is 6.68. The Balaban J connectivity index is 1.60. The number of hydrogen-bond donors (Lipinski definition) is 0. The lowest BCUT2D eigenvalue weighted by Crippen LogP contribution is -2.08. The van der Waals surface area contributed by atoms with Gasteiger partial charge in [0.2, 0.25) is 0 Å². The fourth-order valence-corrected chi connectivity index (χ4v) is 3.28. The fourth-order valence-electron chi connectivity index (χ4n) is 3.28. The van der Waals surface area contributed by atoms with Gasteiger partial charge >= 0.3 is 0 Å². The number of aromatic nitrogens is 5. The molecule has 1 aliphatic carbocycles. The Labute approximate surface area is 153 Å². The van der Waals surface area contributed by atoms with Crippen molar-refractivity contribution in [1.29, 1.82) is 0 Å². The molecule has 3 aromatic rings. The van der Waals surface area contributed by atoms with Crippen LogP contribution in [-0.4, -0.2) is 38.3 Å². The van der Waals surface area contributed by atoms with Crippen LogP contribution in [0.5, 0.6) is 0 Å². The average molecular weight is 351 g/mol. The molecule has 0 saturated heterocycles. The molecule has 1 aliphatic rings. The van der Waals surface area contributed by atoms with Crippen LogP contribution in [0, 0.1) is 5.41 Å². The third-order valence-electron chi connectivity index (χ3n) is 5.08. The van der Waals surface area contributed by atoms with Gasteiger partial charge in [-0.15, -0.1) is 0 Å². The Morgan fingerprint density at radius 2 is 1.92 bits per heavy atom. The largest absolute Gasteiger partial charge is 0.383 e. The minimum atomic E-state index is 0.303. The molecule has 1 fully saturated rings. The first-order chi connectivity index (χ1) is 12.6. The van der Waals surface area contributed by atoms with Crippen molar-refractivity contribution >= 4 is 0 Å². The van der Waals surface area contributed by atoms with Gasteiger partial charge in [0, 0.05) is 19.2 Å². The van der Waals surface area contributed by atoms with Crippen LogP contribution >= 0.6 is 0 Å². The zero-order valence-electron chi connectivity index (χ0n) is 15.6. The highest BCUT2D eigenvalue weighted by Crippen LogP contribution is 2.57. The van der Waals surface area contributed by atoms with Gasteiger partial charge in [-0.25, -0.2) is 9.67 Å². The van der Waals surface area contributed by atoms with E-state index in [9.17, 15) is 0 Å². The van der Waals surface area contributed by atoms with Crippen molar-refractivity contribution in [2.75, 3.05) is 13.7 Å². The molecule has 4 rings (SSSR count). The molecule has 1 unspecified atom stereocenters. The van der Waals surface area contributed by atoms with Crippen molar-refractivity contribution in [2.45, 2.75) is 39.3 Å². The molecule has 2 heterocycles. The highest BCUT2D eigenvalue weighted by atomic mass is 16.5. The maximum absolute atomic E-state index is 5.23. The first kappa shape index (κ1) is 17.0. The summed E-state index contributed by atoms with van der Waals surface area (Å²) in [5.74, 6) is 2.20. The van der Waals surface area contributed by atoms with E-state index in [2.05, 4.69) is 26.0 Å². The smallest absolute Gasteiger partial charge is 0.179 e. The summed E-state index contributed by atoms with van der Waals surface area (Å²) < 4.78 is 9.11. The van der Waals surface area contributed by atoms with Crippen molar-refractivity contribution in [3.8, 4) is 11.5 Å². The van der Waals surface area contributed by atoms with Gasteiger partial charge < -0.3 is 4.74 Å². The van der Waals surface area contributed by atoms with Crippen molar-refractivity contribution < 1.29 is 4.74 Å². The molecule has 0 radical (unpaired) electrons. The SMILES string of the molecule is COCCn1nc(C2CC2(C)C)nc1-c1ccn(Cc2ccccc2)n1. The van der Waals surface area contributed by atoms with E-state index in [-0.39, 0.29) is 0 Å². The van der Waals surface area contributed by atoms with Crippen LogP contribution in [0.2, 0.25) is 0 Å². The molecule has 6 nitrogen and oxygen atoms in total. The molecule has 0 spiro atoms. The number of methoxy groups -OCH3 is 1. The normalized spacial score (nSPS) is 18.2. The van der Waals surface area contributed by atoms with E-state index < -0.39 is 0 Å². The molecule has 26 heavy (non-hydrogen) atoms. The number of nitrogens with zero attached hydrogens (tertiary/aromatic N) is 5. The van der Waals surface area contributed by atoms with Gasteiger partial charge in [0.05, 0.1) is 19.7 Å². The molecule has 2 aromatic heterocycles. The van der Waals surface area contributed by atoms with Crippen molar-refractivity contribution in [3.63, 3.8) is 0 Å². The summed E-state index contributed by atoms with van der Waals surface area (Å²) in [6.45, 7) is 6.56. The Bertz CT molecular complexity index is 881. The lowest BCUT2D eigenvalue weighted by atomic mass is 10.1. The molecule has 0 N–H and O–H groups in total. The average Bonchev–Trinajstić information content (AvgIpc) is 2.99. The molecule has 1 atom stereocenters. The Morgan fingerprint density at radius 3 is 2.62 bits per heavy atom. The maximum Gasteiger partial charge on any atom is 0.179 e. The molecule has 6 heteroatoms. The first-order valence-corrected chi connectivity index (χ1v) is 9.08. The fraction of sp³-hybridized carbons (Fsp3) is 0.450. The Hall–Kier alpha value is -2.47. The van der Waals surface area contributed by atoms with E-state index >= 15 is 0 Å². The van der Waals surface area contributed by atoms with Gasteiger partial charge in [-0.3, -0.25) is 4.68 Å². The number of benzene rings is 1. The summed E-state index contributed by atoms with van der Waals surface area (Å²) in [7, 11) is 1.70. The molecule has 1 saturated carbocycles. The van der Waals surface area contributed by atoms with Gasteiger partial charge in [0.25, 0.3) is 0 Å². The molecular formula is C20H25N5O. The summed E-state index contributed by atoms with van der Waals surface area (Å²) in [5, 5.41) is 9.48. The number of rotatable bonds is 7. The molecule has 0 amide bonds. The number of hydrogen-bond acceptors (Lipinski definition) is 4. The van der Waals surface area contributed by atoms with Crippen molar-refractivity contribution in [1.82, 2.24) is 24.5 Å². The third kappa shape index (κ3) is 3.42. The van der Waals surface area contributed by atoms with Crippen LogP contribution < -0.4 is 0 Å². The van der Waals surface area contributed by atoms with E-state index in [0.717, 1.165) is 30.3 Å². The predicted molar refractivity (Wildman–Crippen MR) is 99.8 cm³/mol. The standard InChI is InChI=1S/C20H25N5O/c1-20(2)13-16(20)18-21-19(25(23-18)11-12-26-3)17-9-10-24(22-17)14-15-7-5-4-6-8-15/h4-10,16H,11-14H2,1-3H3. The van der Waals surface area contributed by atoms with E-state index in [4.69, 9.17) is 19.9 Å². The Kier molecular flexibility index (Phi) is 4.36. The highest BCUT2D eigenvalue weighted by Gasteiger charge is 2.49. The van der Waals surface area contributed by atoms with Crippen LogP contribution in [0.1, 0.15) is 37.6 Å². The lowest BCUT2D eigenvalue weighted by molar-refractivity contribution is 0.184. The molecule has 0 bridgehead atoms. The summed E-state index contributed by atoms with van der Waals surface area (Å²) in [6, 6.07) is 12.3. The van der Waals surface area contributed by atoms with E-state index in [1.54, 1.807) is 7.11 Å². The van der Waals surface area contributed by atoms with E-state index in [1.165, 1.54) is 5.56 Å². The maximum atomic E-state index is 5.23. The Morgan fingerprint density at radius 1 is 1.15 bits per heavy atom. The monoisotopic (exact) mass is 351 g/mol. The van der Waals surface area contributed by atoms with E-state index in [0.29, 0.717) is 24.5 Å². The van der Waals surface area contributed by atoms with Crippen LogP contribution in [0.15, 0.2) is 42.6 Å². The summed E-state index contributed by atoms with van der Waals surface area (Å²) in [5.41, 5.74) is 2.38. The van der Waals surface area contributed by atoms with Gasteiger partial charge in [0.15, 0.2) is 11.6 Å². The number of ether oxygens (including phenoxy) is 1. The second-order valence-electron chi connectivity index (χ2n) is 7.64. The topological polar surface area (TPSA) is 57.8 Å². The van der Waals surface area contributed by atoms with Gasteiger partial charge in [-0.05, 0) is 23.5 Å².